The monoisotopic (exact) mass is 469 g/mol. The molecule has 0 unspecified atom stereocenters. The van der Waals surface area contributed by atoms with Gasteiger partial charge in [0.25, 0.3) is 5.56 Å². The number of carbonyl (C=O) groups is 2. The molecule has 0 bridgehead atoms. The van der Waals surface area contributed by atoms with Crippen LogP contribution in [0.1, 0.15) is 12.1 Å². The summed E-state index contributed by atoms with van der Waals surface area (Å²) in [5.74, 6) is -1.77. The molecule has 2 aromatic carbocycles. The predicted molar refractivity (Wildman–Crippen MR) is 124 cm³/mol. The molecule has 0 atom stereocenters. The van der Waals surface area contributed by atoms with Crippen LogP contribution >= 0.6 is 0 Å². The molecule has 2 amide bonds. The number of benzene rings is 2. The van der Waals surface area contributed by atoms with E-state index in [1.165, 1.54) is 36.9 Å². The lowest BCUT2D eigenvalue weighted by Crippen LogP contribution is -2.41. The number of aryl methyl sites for hydroxylation is 1. The van der Waals surface area contributed by atoms with Gasteiger partial charge in [-0.3, -0.25) is 14.5 Å². The molecule has 0 saturated carbocycles. The summed E-state index contributed by atoms with van der Waals surface area (Å²) in [5.41, 5.74) is 0.282. The number of hydrogen-bond acceptors (Lipinski definition) is 5. The van der Waals surface area contributed by atoms with E-state index in [-0.39, 0.29) is 18.7 Å². The molecular formula is C24H24FN3O6. The second kappa shape index (κ2) is 10.1. The van der Waals surface area contributed by atoms with Crippen LogP contribution < -0.4 is 20.5 Å². The molecule has 0 radical (unpaired) electrons. The lowest BCUT2D eigenvalue weighted by Gasteiger charge is -2.25. The Kier molecular flexibility index (Phi) is 7.20. The second-order valence-electron chi connectivity index (χ2n) is 7.52. The molecule has 0 fully saturated rings. The van der Waals surface area contributed by atoms with Crippen molar-refractivity contribution in [2.75, 3.05) is 18.6 Å². The smallest absolute Gasteiger partial charge is 0.326 e. The molecule has 3 aromatic rings. The number of aliphatic carboxylic acids is 1. The Hall–Kier alpha value is -4.34. The number of halogens is 1. The highest BCUT2D eigenvalue weighted by molar-refractivity contribution is 6.01. The molecule has 1 heterocycles. The fourth-order valence-corrected chi connectivity index (χ4v) is 3.38. The number of nitrogens with zero attached hydrogens (tertiary/aromatic N) is 2. The Balaban J connectivity index is 2.18. The molecular weight excluding hydrogens is 445 g/mol. The van der Waals surface area contributed by atoms with Crippen molar-refractivity contribution in [2.45, 2.75) is 13.3 Å². The number of carbonyl (C=O) groups excluding carboxylic acids is 1. The molecule has 178 valence electrons. The molecule has 0 aliphatic heterocycles. The van der Waals surface area contributed by atoms with Crippen molar-refractivity contribution in [3.63, 3.8) is 0 Å². The topological polar surface area (TPSA) is 121 Å². The van der Waals surface area contributed by atoms with Crippen molar-refractivity contribution < 1.29 is 28.9 Å². The van der Waals surface area contributed by atoms with E-state index in [4.69, 9.17) is 9.84 Å². The zero-order valence-corrected chi connectivity index (χ0v) is 18.8. The summed E-state index contributed by atoms with van der Waals surface area (Å²) in [6, 6.07) is 11.0. The van der Waals surface area contributed by atoms with E-state index in [2.05, 4.69) is 5.32 Å². The van der Waals surface area contributed by atoms with Gasteiger partial charge in [0.05, 0.1) is 19.2 Å². The first-order valence-corrected chi connectivity index (χ1v) is 10.3. The summed E-state index contributed by atoms with van der Waals surface area (Å²) >= 11 is 0. The number of carboxylic acids is 1. The Morgan fingerprint density at radius 2 is 1.88 bits per heavy atom. The Bertz CT molecular complexity index is 1300. The molecule has 10 heteroatoms. The summed E-state index contributed by atoms with van der Waals surface area (Å²) < 4.78 is 21.2. The first-order valence-electron chi connectivity index (χ1n) is 10.3. The largest absolute Gasteiger partial charge is 0.505 e. The van der Waals surface area contributed by atoms with E-state index >= 15 is 0 Å². The molecule has 0 spiro atoms. The number of anilines is 2. The van der Waals surface area contributed by atoms with Gasteiger partial charge in [-0.2, -0.15) is 0 Å². The highest BCUT2D eigenvalue weighted by atomic mass is 19.1. The van der Waals surface area contributed by atoms with Crippen LogP contribution in [0.2, 0.25) is 0 Å². The van der Waals surface area contributed by atoms with Crippen molar-refractivity contribution >= 4 is 23.4 Å². The van der Waals surface area contributed by atoms with Gasteiger partial charge in [-0.05, 0) is 48.4 Å². The number of rotatable bonds is 7. The molecule has 3 rings (SSSR count). The van der Waals surface area contributed by atoms with Crippen LogP contribution in [0.3, 0.4) is 0 Å². The number of urea groups is 1. The van der Waals surface area contributed by atoms with Gasteiger partial charge in [0.1, 0.15) is 17.3 Å². The standard InChI is InChI=1S/C24H24FN3O6/c1-14-9-20(29)22(23(32)27(14)2)28(24(33)26-8-7-21(30)31)18-11-16(10-17(25)13-18)15-5-4-6-19(12-15)34-3/h4-6,9-13,29H,7-8H2,1-3H3,(H,26,33)(H,30,31). The van der Waals surface area contributed by atoms with Crippen LogP contribution in [0.25, 0.3) is 11.1 Å². The average Bonchev–Trinajstić information content (AvgIpc) is 2.79. The predicted octanol–water partition coefficient (Wildman–Crippen LogP) is 3.54. The Morgan fingerprint density at radius 3 is 2.56 bits per heavy atom. The SMILES string of the molecule is COc1cccc(-c2cc(F)cc(N(C(=O)NCCC(=O)O)c3c(O)cc(C)n(C)c3=O)c2)c1. The molecule has 0 aliphatic carbocycles. The van der Waals surface area contributed by atoms with Crippen LogP contribution in [0.4, 0.5) is 20.6 Å². The minimum absolute atomic E-state index is 0.0399. The highest BCUT2D eigenvalue weighted by Gasteiger charge is 2.26. The zero-order chi connectivity index (χ0) is 25.0. The summed E-state index contributed by atoms with van der Waals surface area (Å²) in [6.45, 7) is 1.36. The van der Waals surface area contributed by atoms with Gasteiger partial charge in [-0.1, -0.05) is 12.1 Å². The molecule has 0 aliphatic rings. The van der Waals surface area contributed by atoms with Crippen LogP contribution in [-0.2, 0) is 11.8 Å². The minimum Gasteiger partial charge on any atom is -0.505 e. The van der Waals surface area contributed by atoms with Gasteiger partial charge < -0.3 is 24.8 Å². The van der Waals surface area contributed by atoms with E-state index in [9.17, 15) is 23.9 Å². The van der Waals surface area contributed by atoms with E-state index in [1.807, 2.05) is 0 Å². The first kappa shape index (κ1) is 24.3. The normalized spacial score (nSPS) is 10.6. The summed E-state index contributed by atoms with van der Waals surface area (Å²) in [6.07, 6.45) is -0.365. The van der Waals surface area contributed by atoms with Crippen molar-refractivity contribution in [2.24, 2.45) is 7.05 Å². The van der Waals surface area contributed by atoms with Gasteiger partial charge in [-0.25, -0.2) is 9.18 Å². The Labute approximate surface area is 194 Å². The van der Waals surface area contributed by atoms with Crippen molar-refractivity contribution in [1.29, 1.82) is 0 Å². The number of hydrogen-bond donors (Lipinski definition) is 3. The van der Waals surface area contributed by atoms with Gasteiger partial charge in [0.2, 0.25) is 0 Å². The van der Waals surface area contributed by atoms with Crippen LogP contribution in [0.15, 0.2) is 53.3 Å². The van der Waals surface area contributed by atoms with Crippen molar-refractivity contribution in [1.82, 2.24) is 9.88 Å². The molecule has 9 nitrogen and oxygen atoms in total. The lowest BCUT2D eigenvalue weighted by molar-refractivity contribution is -0.136. The summed E-state index contributed by atoms with van der Waals surface area (Å²) in [4.78, 5) is 37.8. The molecule has 3 N–H and O–H groups in total. The van der Waals surface area contributed by atoms with Gasteiger partial charge in [-0.15, -0.1) is 0 Å². The van der Waals surface area contributed by atoms with Crippen molar-refractivity contribution in [3.05, 3.63) is 70.4 Å². The number of aromatic hydroxyl groups is 1. The maximum absolute atomic E-state index is 14.7. The third-order valence-corrected chi connectivity index (χ3v) is 5.21. The van der Waals surface area contributed by atoms with E-state index in [0.717, 1.165) is 11.0 Å². The van der Waals surface area contributed by atoms with E-state index in [0.29, 0.717) is 22.6 Å². The first-order chi connectivity index (χ1) is 16.1. The average molecular weight is 469 g/mol. The van der Waals surface area contributed by atoms with Gasteiger partial charge in [0.15, 0.2) is 5.69 Å². The Morgan fingerprint density at radius 1 is 1.15 bits per heavy atom. The maximum atomic E-state index is 14.7. The van der Waals surface area contributed by atoms with Gasteiger partial charge >= 0.3 is 12.0 Å². The number of aromatic nitrogens is 1. The number of pyridine rings is 1. The third kappa shape index (κ3) is 5.17. The molecule has 1 aromatic heterocycles. The number of nitrogens with one attached hydrogen (secondary N) is 1. The number of amides is 2. The molecule has 34 heavy (non-hydrogen) atoms. The summed E-state index contributed by atoms with van der Waals surface area (Å²) in [5, 5.41) is 21.9. The second-order valence-corrected chi connectivity index (χ2v) is 7.52. The van der Waals surface area contributed by atoms with E-state index < -0.39 is 34.8 Å². The van der Waals surface area contributed by atoms with Gasteiger partial charge in [0, 0.05) is 25.4 Å². The lowest BCUT2D eigenvalue weighted by atomic mass is 10.0. The van der Waals surface area contributed by atoms with Crippen molar-refractivity contribution in [3.8, 4) is 22.6 Å². The van der Waals surface area contributed by atoms with Crippen LogP contribution in [-0.4, -0.2) is 40.4 Å². The number of carboxylic acid groups (broad SMARTS) is 1. The maximum Gasteiger partial charge on any atom is 0.326 e. The number of ether oxygens (including phenoxy) is 1. The fourth-order valence-electron chi connectivity index (χ4n) is 3.38. The number of methoxy groups -OCH3 is 1. The van der Waals surface area contributed by atoms with Crippen LogP contribution in [0.5, 0.6) is 11.5 Å². The fraction of sp³-hybridized carbons (Fsp3) is 0.208. The van der Waals surface area contributed by atoms with Crippen LogP contribution in [0, 0.1) is 12.7 Å². The third-order valence-electron chi connectivity index (χ3n) is 5.21. The quantitative estimate of drug-likeness (QED) is 0.487. The minimum atomic E-state index is -1.13. The molecule has 0 saturated heterocycles. The van der Waals surface area contributed by atoms with E-state index in [1.54, 1.807) is 31.2 Å². The zero-order valence-electron chi connectivity index (χ0n) is 18.8. The highest BCUT2D eigenvalue weighted by Crippen LogP contribution is 2.34. The summed E-state index contributed by atoms with van der Waals surface area (Å²) in [7, 11) is 2.96.